The fraction of sp³-hybridized carbons (Fsp3) is 0.941. The molecule has 0 unspecified atom stereocenters. The molecule has 2 saturated carbocycles. The first kappa shape index (κ1) is 16.8. The summed E-state index contributed by atoms with van der Waals surface area (Å²) in [5.41, 5.74) is 6.13. The number of carbonyl (C=O) groups excluding carboxylic acids is 1. The minimum Gasteiger partial charge on any atom is -0.354 e. The minimum atomic E-state index is 0.202. The Kier molecular flexibility index (Phi) is 6.06. The number of nitrogens with zero attached hydrogens (tertiary/aromatic N) is 1. The smallest absolute Gasteiger partial charge is 0.220 e. The Balaban J connectivity index is 1.67. The largest absolute Gasteiger partial charge is 0.354 e. The summed E-state index contributed by atoms with van der Waals surface area (Å²) < 4.78 is 0. The number of nitrogens with one attached hydrogen (secondary N) is 1. The molecule has 0 bridgehead atoms. The van der Waals surface area contributed by atoms with Crippen LogP contribution in [0.4, 0.5) is 0 Å². The fourth-order valence-electron chi connectivity index (χ4n) is 3.98. The van der Waals surface area contributed by atoms with E-state index in [4.69, 9.17) is 5.73 Å². The van der Waals surface area contributed by atoms with Gasteiger partial charge in [-0.1, -0.05) is 12.8 Å². The van der Waals surface area contributed by atoms with Crippen LogP contribution in [0.3, 0.4) is 0 Å². The number of carbonyl (C=O) groups is 1. The van der Waals surface area contributed by atoms with Gasteiger partial charge in [-0.2, -0.15) is 0 Å². The van der Waals surface area contributed by atoms with Crippen molar-refractivity contribution in [2.75, 3.05) is 20.6 Å². The molecular weight excluding hydrogens is 262 g/mol. The van der Waals surface area contributed by atoms with Crippen LogP contribution < -0.4 is 11.1 Å². The number of hydrogen-bond donors (Lipinski definition) is 2. The molecule has 2 rings (SSSR count). The van der Waals surface area contributed by atoms with Crippen molar-refractivity contribution in [2.45, 2.75) is 75.8 Å². The maximum Gasteiger partial charge on any atom is 0.220 e. The summed E-state index contributed by atoms with van der Waals surface area (Å²) in [6.45, 7) is 0.814. The number of nitrogens with two attached hydrogens (primary N) is 1. The van der Waals surface area contributed by atoms with Gasteiger partial charge in [0.1, 0.15) is 0 Å². The SMILES string of the molecule is CN(C)C1(CNC(=O)CCC2CCC(N)CC2)CCCC1. The van der Waals surface area contributed by atoms with Crippen molar-refractivity contribution in [2.24, 2.45) is 11.7 Å². The zero-order chi connectivity index (χ0) is 15.3. The molecule has 0 radical (unpaired) electrons. The number of rotatable bonds is 6. The van der Waals surface area contributed by atoms with Crippen LogP contribution in [0.25, 0.3) is 0 Å². The van der Waals surface area contributed by atoms with E-state index < -0.39 is 0 Å². The Labute approximate surface area is 129 Å². The van der Waals surface area contributed by atoms with Crippen molar-refractivity contribution in [3.63, 3.8) is 0 Å². The highest BCUT2D eigenvalue weighted by Crippen LogP contribution is 2.33. The third-order valence-electron chi connectivity index (χ3n) is 5.77. The second-order valence-electron chi connectivity index (χ2n) is 7.42. The van der Waals surface area contributed by atoms with Gasteiger partial charge >= 0.3 is 0 Å². The fourth-order valence-corrected chi connectivity index (χ4v) is 3.98. The van der Waals surface area contributed by atoms with Gasteiger partial charge in [-0.05, 0) is 65.0 Å². The van der Waals surface area contributed by atoms with E-state index in [1.165, 1.54) is 38.5 Å². The molecule has 0 aromatic heterocycles. The van der Waals surface area contributed by atoms with Crippen LogP contribution in [0.5, 0.6) is 0 Å². The lowest BCUT2D eigenvalue weighted by Crippen LogP contribution is -2.50. The standard InChI is InChI=1S/C17H33N3O/c1-20(2)17(11-3-4-12-17)13-19-16(21)10-7-14-5-8-15(18)9-6-14/h14-15H,3-13,18H2,1-2H3,(H,19,21). The summed E-state index contributed by atoms with van der Waals surface area (Å²) in [6.07, 6.45) is 11.4. The lowest BCUT2D eigenvalue weighted by Gasteiger charge is -2.36. The van der Waals surface area contributed by atoms with Gasteiger partial charge in [0.15, 0.2) is 0 Å². The molecule has 0 heterocycles. The summed E-state index contributed by atoms with van der Waals surface area (Å²) in [7, 11) is 4.28. The van der Waals surface area contributed by atoms with E-state index in [2.05, 4.69) is 24.3 Å². The number of amides is 1. The van der Waals surface area contributed by atoms with Crippen LogP contribution in [0.1, 0.15) is 64.2 Å². The van der Waals surface area contributed by atoms with Gasteiger partial charge in [-0.3, -0.25) is 4.79 Å². The average Bonchev–Trinajstić information content (AvgIpc) is 2.95. The molecule has 2 aliphatic rings. The molecule has 0 aromatic carbocycles. The molecule has 3 N–H and O–H groups in total. The Bertz CT molecular complexity index is 329. The summed E-state index contributed by atoms with van der Waals surface area (Å²) >= 11 is 0. The first-order valence-electron chi connectivity index (χ1n) is 8.71. The second-order valence-corrected chi connectivity index (χ2v) is 7.42. The molecule has 0 aromatic rings. The third-order valence-corrected chi connectivity index (χ3v) is 5.77. The van der Waals surface area contributed by atoms with E-state index in [1.54, 1.807) is 0 Å². The highest BCUT2D eigenvalue weighted by atomic mass is 16.1. The first-order chi connectivity index (χ1) is 10.0. The van der Waals surface area contributed by atoms with Gasteiger partial charge in [0.2, 0.25) is 5.91 Å². The van der Waals surface area contributed by atoms with Crippen molar-refractivity contribution in [3.05, 3.63) is 0 Å². The van der Waals surface area contributed by atoms with E-state index in [1.807, 2.05) is 0 Å². The molecule has 122 valence electrons. The van der Waals surface area contributed by atoms with Crippen molar-refractivity contribution >= 4 is 5.91 Å². The van der Waals surface area contributed by atoms with E-state index in [9.17, 15) is 4.79 Å². The molecule has 0 aliphatic heterocycles. The van der Waals surface area contributed by atoms with Crippen molar-refractivity contribution in [1.82, 2.24) is 10.2 Å². The highest BCUT2D eigenvalue weighted by Gasteiger charge is 2.36. The quantitative estimate of drug-likeness (QED) is 0.790. The summed E-state index contributed by atoms with van der Waals surface area (Å²) in [4.78, 5) is 14.4. The lowest BCUT2D eigenvalue weighted by molar-refractivity contribution is -0.122. The van der Waals surface area contributed by atoms with Crippen LogP contribution in [-0.2, 0) is 4.79 Å². The van der Waals surface area contributed by atoms with Crippen molar-refractivity contribution in [3.8, 4) is 0 Å². The molecule has 2 aliphatic carbocycles. The molecule has 4 heteroatoms. The second kappa shape index (κ2) is 7.59. The third kappa shape index (κ3) is 4.68. The van der Waals surface area contributed by atoms with Crippen LogP contribution in [-0.4, -0.2) is 43.0 Å². The highest BCUT2D eigenvalue weighted by molar-refractivity contribution is 5.75. The van der Waals surface area contributed by atoms with Crippen LogP contribution in [0.15, 0.2) is 0 Å². The van der Waals surface area contributed by atoms with Gasteiger partial charge in [-0.15, -0.1) is 0 Å². The maximum absolute atomic E-state index is 12.1. The molecule has 2 fully saturated rings. The molecular formula is C17H33N3O. The van der Waals surface area contributed by atoms with Crippen molar-refractivity contribution < 1.29 is 4.79 Å². The normalized spacial score (nSPS) is 28.8. The molecule has 0 spiro atoms. The van der Waals surface area contributed by atoms with Crippen LogP contribution in [0, 0.1) is 5.92 Å². The average molecular weight is 295 g/mol. The van der Waals surface area contributed by atoms with Gasteiger partial charge in [0.05, 0.1) is 0 Å². The zero-order valence-corrected chi connectivity index (χ0v) is 13.9. The molecule has 21 heavy (non-hydrogen) atoms. The van der Waals surface area contributed by atoms with Crippen molar-refractivity contribution in [1.29, 1.82) is 0 Å². The van der Waals surface area contributed by atoms with Crippen LogP contribution >= 0.6 is 0 Å². The van der Waals surface area contributed by atoms with E-state index in [0.29, 0.717) is 18.4 Å². The van der Waals surface area contributed by atoms with E-state index in [-0.39, 0.29) is 11.4 Å². The number of hydrogen-bond acceptors (Lipinski definition) is 3. The molecule has 4 nitrogen and oxygen atoms in total. The van der Waals surface area contributed by atoms with E-state index >= 15 is 0 Å². The monoisotopic (exact) mass is 295 g/mol. The Morgan fingerprint density at radius 2 is 1.81 bits per heavy atom. The first-order valence-corrected chi connectivity index (χ1v) is 8.71. The Morgan fingerprint density at radius 1 is 1.19 bits per heavy atom. The van der Waals surface area contributed by atoms with Crippen LogP contribution in [0.2, 0.25) is 0 Å². The maximum atomic E-state index is 12.1. The lowest BCUT2D eigenvalue weighted by atomic mass is 9.84. The molecule has 0 saturated heterocycles. The summed E-state index contributed by atoms with van der Waals surface area (Å²) in [6, 6.07) is 0.400. The number of likely N-dealkylation sites (N-methyl/N-ethyl adjacent to an activating group) is 1. The summed E-state index contributed by atoms with van der Waals surface area (Å²) in [5.74, 6) is 0.947. The van der Waals surface area contributed by atoms with E-state index in [0.717, 1.165) is 25.8 Å². The Hall–Kier alpha value is -0.610. The predicted octanol–water partition coefficient (Wildman–Crippen LogP) is 2.27. The topological polar surface area (TPSA) is 58.4 Å². The zero-order valence-electron chi connectivity index (χ0n) is 13.9. The van der Waals surface area contributed by atoms with Gasteiger partial charge in [-0.25, -0.2) is 0 Å². The van der Waals surface area contributed by atoms with Gasteiger partial charge < -0.3 is 16.0 Å². The predicted molar refractivity (Wildman–Crippen MR) is 87.1 cm³/mol. The molecule has 0 atom stereocenters. The van der Waals surface area contributed by atoms with Gasteiger partial charge in [0, 0.05) is 24.5 Å². The minimum absolute atomic E-state index is 0.202. The Morgan fingerprint density at radius 3 is 2.38 bits per heavy atom. The summed E-state index contributed by atoms with van der Waals surface area (Å²) in [5, 5.41) is 3.19. The van der Waals surface area contributed by atoms with Gasteiger partial charge in [0.25, 0.3) is 0 Å². The molecule has 1 amide bonds.